The highest BCUT2D eigenvalue weighted by Gasteiger charge is 2.25. The monoisotopic (exact) mass is 410 g/mol. The summed E-state index contributed by atoms with van der Waals surface area (Å²) in [4.78, 5) is 15.7. The van der Waals surface area contributed by atoms with Crippen LogP contribution in [-0.2, 0) is 11.3 Å². The summed E-state index contributed by atoms with van der Waals surface area (Å²) in [5.41, 5.74) is 0.980. The van der Waals surface area contributed by atoms with Crippen LogP contribution in [0.2, 0.25) is 0 Å². The third-order valence-corrected chi connectivity index (χ3v) is 6.14. The lowest BCUT2D eigenvalue weighted by molar-refractivity contribution is -0.123. The van der Waals surface area contributed by atoms with Crippen molar-refractivity contribution >= 4 is 29.7 Å². The molecular formula is C19H27ClN4O2S. The van der Waals surface area contributed by atoms with Crippen LogP contribution in [0.25, 0.3) is 10.6 Å². The third-order valence-electron chi connectivity index (χ3n) is 5.25. The van der Waals surface area contributed by atoms with Gasteiger partial charge in [-0.15, -0.1) is 23.7 Å². The van der Waals surface area contributed by atoms with Crippen molar-refractivity contribution in [1.82, 2.24) is 20.7 Å². The van der Waals surface area contributed by atoms with Gasteiger partial charge >= 0.3 is 0 Å². The third kappa shape index (κ3) is 5.31. The maximum absolute atomic E-state index is 12.2. The summed E-state index contributed by atoms with van der Waals surface area (Å²) in [6.45, 7) is 4.62. The maximum atomic E-state index is 12.2. The van der Waals surface area contributed by atoms with Gasteiger partial charge in [-0.05, 0) is 56.1 Å². The Bertz CT molecular complexity index is 715. The number of aromatic nitrogens is 1. The predicted octanol–water partition coefficient (Wildman–Crippen LogP) is 2.91. The van der Waals surface area contributed by atoms with Crippen molar-refractivity contribution in [3.8, 4) is 10.6 Å². The van der Waals surface area contributed by atoms with Crippen LogP contribution in [0, 0.1) is 5.92 Å². The second kappa shape index (κ2) is 9.68. The molecule has 2 aromatic heterocycles. The van der Waals surface area contributed by atoms with E-state index in [9.17, 15) is 4.79 Å². The summed E-state index contributed by atoms with van der Waals surface area (Å²) in [6, 6.07) is 6.13. The quantitative estimate of drug-likeness (QED) is 0.766. The summed E-state index contributed by atoms with van der Waals surface area (Å²) in [5.74, 6) is 1.52. The van der Waals surface area contributed by atoms with Crippen LogP contribution >= 0.6 is 23.7 Å². The van der Waals surface area contributed by atoms with Gasteiger partial charge in [0.05, 0.1) is 16.6 Å². The molecule has 148 valence electrons. The van der Waals surface area contributed by atoms with Crippen LogP contribution in [0.15, 0.2) is 28.1 Å². The average Bonchev–Trinajstić information content (AvgIpc) is 3.41. The van der Waals surface area contributed by atoms with Crippen LogP contribution in [0.4, 0.5) is 0 Å². The number of hydrogen-bond acceptors (Lipinski definition) is 6. The first-order chi connectivity index (χ1) is 12.8. The minimum Gasteiger partial charge on any atom is -0.355 e. The summed E-state index contributed by atoms with van der Waals surface area (Å²) >= 11 is 1.66. The van der Waals surface area contributed by atoms with Crippen molar-refractivity contribution in [2.75, 3.05) is 26.2 Å². The van der Waals surface area contributed by atoms with E-state index in [0.717, 1.165) is 68.3 Å². The number of nitrogens with one attached hydrogen (secondary N) is 2. The molecular weight excluding hydrogens is 384 g/mol. The second-order valence-electron chi connectivity index (χ2n) is 7.30. The SMILES string of the molecule is Cl.O=C(NCC1CCCN(Cc2cc(-c3cccs3)on2)C1)C1CCCN1. The molecule has 2 aliphatic heterocycles. The van der Waals surface area contributed by atoms with E-state index >= 15 is 0 Å². The number of halogens is 1. The van der Waals surface area contributed by atoms with Crippen molar-refractivity contribution in [3.05, 3.63) is 29.3 Å². The number of piperidine rings is 1. The Balaban J connectivity index is 0.00000210. The Kier molecular flexibility index (Phi) is 7.29. The first kappa shape index (κ1) is 20.3. The van der Waals surface area contributed by atoms with Gasteiger partial charge < -0.3 is 15.2 Å². The molecule has 0 spiro atoms. The van der Waals surface area contributed by atoms with Gasteiger partial charge in [0.15, 0.2) is 5.76 Å². The molecule has 6 nitrogen and oxygen atoms in total. The first-order valence-corrected chi connectivity index (χ1v) is 10.4. The molecule has 2 aromatic rings. The molecule has 1 amide bonds. The molecule has 27 heavy (non-hydrogen) atoms. The molecule has 0 saturated carbocycles. The normalized spacial score (nSPS) is 23.1. The van der Waals surface area contributed by atoms with E-state index in [2.05, 4.69) is 20.7 Å². The summed E-state index contributed by atoms with van der Waals surface area (Å²) in [7, 11) is 0. The zero-order chi connectivity index (χ0) is 17.8. The Morgan fingerprint density at radius 2 is 2.33 bits per heavy atom. The van der Waals surface area contributed by atoms with E-state index in [0.29, 0.717) is 5.92 Å². The fourth-order valence-corrected chi connectivity index (χ4v) is 4.56. The fraction of sp³-hybridized carbons (Fsp3) is 0.579. The van der Waals surface area contributed by atoms with Crippen molar-refractivity contribution in [3.63, 3.8) is 0 Å². The molecule has 2 aliphatic rings. The number of thiophene rings is 1. The van der Waals surface area contributed by atoms with E-state index in [1.54, 1.807) is 11.3 Å². The molecule has 2 saturated heterocycles. The van der Waals surface area contributed by atoms with Crippen molar-refractivity contribution in [1.29, 1.82) is 0 Å². The van der Waals surface area contributed by atoms with E-state index < -0.39 is 0 Å². The number of likely N-dealkylation sites (tertiary alicyclic amines) is 1. The lowest BCUT2D eigenvalue weighted by Crippen LogP contribution is -2.45. The van der Waals surface area contributed by atoms with Crippen molar-refractivity contribution < 1.29 is 9.32 Å². The van der Waals surface area contributed by atoms with Gasteiger partial charge in [-0.25, -0.2) is 0 Å². The van der Waals surface area contributed by atoms with E-state index in [1.807, 2.05) is 23.6 Å². The van der Waals surface area contributed by atoms with Crippen LogP contribution in [0.5, 0.6) is 0 Å². The van der Waals surface area contributed by atoms with Crippen LogP contribution in [0.3, 0.4) is 0 Å². The summed E-state index contributed by atoms with van der Waals surface area (Å²) in [6.07, 6.45) is 4.40. The van der Waals surface area contributed by atoms with Gasteiger partial charge in [-0.1, -0.05) is 11.2 Å². The zero-order valence-electron chi connectivity index (χ0n) is 15.4. The van der Waals surface area contributed by atoms with Gasteiger partial charge in [0, 0.05) is 25.7 Å². The molecule has 2 fully saturated rings. The van der Waals surface area contributed by atoms with Crippen LogP contribution in [-0.4, -0.2) is 48.2 Å². The summed E-state index contributed by atoms with van der Waals surface area (Å²) < 4.78 is 5.48. The molecule has 8 heteroatoms. The molecule has 4 rings (SSSR count). The molecule has 2 unspecified atom stereocenters. The Morgan fingerprint density at radius 1 is 1.41 bits per heavy atom. The molecule has 0 radical (unpaired) electrons. The Labute approximate surface area is 170 Å². The molecule has 0 aromatic carbocycles. The Hall–Kier alpha value is -1.41. The standard InChI is InChI=1S/C19H26N4O2S.ClH/c24-19(16-5-1-7-20-16)21-11-14-4-2-8-23(12-14)13-15-10-17(25-22-15)18-6-3-9-26-18;/h3,6,9-10,14,16,20H,1-2,4-5,7-8,11-13H2,(H,21,24);1H. The summed E-state index contributed by atoms with van der Waals surface area (Å²) in [5, 5.41) is 12.7. The topological polar surface area (TPSA) is 70.4 Å². The minimum atomic E-state index is 0. The highest BCUT2D eigenvalue weighted by molar-refractivity contribution is 7.13. The van der Waals surface area contributed by atoms with Crippen LogP contribution in [0.1, 0.15) is 31.4 Å². The lowest BCUT2D eigenvalue weighted by atomic mass is 9.97. The molecule has 2 atom stereocenters. The minimum absolute atomic E-state index is 0. The number of carbonyl (C=O) groups excluding carboxylic acids is 1. The zero-order valence-corrected chi connectivity index (χ0v) is 17.0. The number of nitrogens with zero attached hydrogens (tertiary/aromatic N) is 2. The molecule has 0 bridgehead atoms. The van der Waals surface area contributed by atoms with Crippen molar-refractivity contribution in [2.45, 2.75) is 38.3 Å². The Morgan fingerprint density at radius 3 is 3.11 bits per heavy atom. The smallest absolute Gasteiger partial charge is 0.237 e. The van der Waals surface area contributed by atoms with E-state index in [-0.39, 0.29) is 24.4 Å². The molecule has 0 aliphatic carbocycles. The van der Waals surface area contributed by atoms with Gasteiger partial charge in [0.2, 0.25) is 5.91 Å². The fourth-order valence-electron chi connectivity index (χ4n) is 3.89. The highest BCUT2D eigenvalue weighted by atomic mass is 35.5. The van der Waals surface area contributed by atoms with Gasteiger partial charge in [0.25, 0.3) is 0 Å². The number of rotatable bonds is 6. The number of amides is 1. The molecule has 2 N–H and O–H groups in total. The lowest BCUT2D eigenvalue weighted by Gasteiger charge is -2.32. The second-order valence-corrected chi connectivity index (χ2v) is 8.24. The van der Waals surface area contributed by atoms with Crippen LogP contribution < -0.4 is 10.6 Å². The molecule has 4 heterocycles. The largest absolute Gasteiger partial charge is 0.355 e. The van der Waals surface area contributed by atoms with Gasteiger partial charge in [0.1, 0.15) is 0 Å². The van der Waals surface area contributed by atoms with E-state index in [4.69, 9.17) is 4.52 Å². The van der Waals surface area contributed by atoms with Gasteiger partial charge in [-0.2, -0.15) is 0 Å². The predicted molar refractivity (Wildman–Crippen MR) is 109 cm³/mol. The van der Waals surface area contributed by atoms with Gasteiger partial charge in [-0.3, -0.25) is 9.69 Å². The maximum Gasteiger partial charge on any atom is 0.237 e. The number of carbonyl (C=O) groups is 1. The highest BCUT2D eigenvalue weighted by Crippen LogP contribution is 2.26. The average molecular weight is 411 g/mol. The van der Waals surface area contributed by atoms with Crippen molar-refractivity contribution in [2.24, 2.45) is 5.92 Å². The number of hydrogen-bond donors (Lipinski definition) is 2. The first-order valence-electron chi connectivity index (χ1n) is 9.51. The van der Waals surface area contributed by atoms with E-state index in [1.165, 1.54) is 6.42 Å².